The van der Waals surface area contributed by atoms with E-state index in [2.05, 4.69) is 0 Å². The zero-order valence-electron chi connectivity index (χ0n) is 8.86. The van der Waals surface area contributed by atoms with Crippen LogP contribution in [0.4, 0.5) is 0 Å². The van der Waals surface area contributed by atoms with Crippen molar-refractivity contribution in [3.8, 4) is 11.5 Å². The average Bonchev–Trinajstić information content (AvgIpc) is 2.62. The minimum atomic E-state index is -0.580. The molecule has 1 heterocycles. The predicted molar refractivity (Wildman–Crippen MR) is 55.9 cm³/mol. The number of rotatable bonds is 2. The Balaban J connectivity index is 2.40. The van der Waals surface area contributed by atoms with E-state index in [1.165, 1.54) is 0 Å². The van der Waals surface area contributed by atoms with E-state index >= 15 is 0 Å². The van der Waals surface area contributed by atoms with Crippen LogP contribution in [0.15, 0.2) is 12.1 Å². The van der Waals surface area contributed by atoms with E-state index in [0.29, 0.717) is 5.75 Å². The van der Waals surface area contributed by atoms with Crippen molar-refractivity contribution in [3.63, 3.8) is 0 Å². The zero-order chi connectivity index (χ0) is 11.0. The molecule has 1 aromatic carbocycles. The summed E-state index contributed by atoms with van der Waals surface area (Å²) in [7, 11) is 0. The highest BCUT2D eigenvalue weighted by Crippen LogP contribution is 2.36. The van der Waals surface area contributed by atoms with E-state index in [-0.39, 0.29) is 12.8 Å². The maximum atomic E-state index is 9.45. The summed E-state index contributed by atoms with van der Waals surface area (Å²) in [6, 6.07) is 3.34. The smallest absolute Gasteiger partial charge is 0.231 e. The quantitative estimate of drug-likeness (QED) is 0.765. The molecule has 4 heteroatoms. The Bertz CT molecular complexity index is 376. The summed E-state index contributed by atoms with van der Waals surface area (Å²) in [6.07, 6.45) is -0.580. The highest BCUT2D eigenvalue weighted by atomic mass is 16.7. The van der Waals surface area contributed by atoms with Crippen molar-refractivity contribution in [3.05, 3.63) is 23.3 Å². The van der Waals surface area contributed by atoms with Gasteiger partial charge in [-0.3, -0.25) is 0 Å². The predicted octanol–water partition coefficient (Wildman–Crippen LogP) is 1.10. The number of hydrogen-bond acceptors (Lipinski definition) is 4. The molecule has 1 aliphatic rings. The van der Waals surface area contributed by atoms with Gasteiger partial charge < -0.3 is 20.3 Å². The van der Waals surface area contributed by atoms with Crippen LogP contribution in [-0.4, -0.2) is 18.0 Å². The van der Waals surface area contributed by atoms with E-state index < -0.39 is 6.10 Å². The summed E-state index contributed by atoms with van der Waals surface area (Å²) in [4.78, 5) is 0. The van der Waals surface area contributed by atoms with Gasteiger partial charge in [0.15, 0.2) is 11.5 Å². The molecule has 0 aliphatic carbocycles. The lowest BCUT2D eigenvalue weighted by atomic mass is 9.98. The van der Waals surface area contributed by atoms with Gasteiger partial charge in [-0.2, -0.15) is 0 Å². The van der Waals surface area contributed by atoms with Gasteiger partial charge >= 0.3 is 0 Å². The molecule has 2 rings (SSSR count). The van der Waals surface area contributed by atoms with E-state index in [4.69, 9.17) is 15.2 Å². The second-order valence-corrected chi connectivity index (χ2v) is 3.83. The lowest BCUT2D eigenvalue weighted by molar-refractivity contribution is 0.163. The van der Waals surface area contributed by atoms with Crippen LogP contribution >= 0.6 is 0 Å². The molecule has 0 bridgehead atoms. The van der Waals surface area contributed by atoms with E-state index in [1.54, 1.807) is 6.92 Å². The number of aliphatic hydroxyl groups excluding tert-OH is 1. The Morgan fingerprint density at radius 3 is 2.53 bits per heavy atom. The van der Waals surface area contributed by atoms with Crippen molar-refractivity contribution in [2.45, 2.75) is 26.0 Å². The molecule has 82 valence electrons. The van der Waals surface area contributed by atoms with Gasteiger partial charge in [-0.1, -0.05) is 0 Å². The fraction of sp³-hybridized carbons (Fsp3) is 0.455. The van der Waals surface area contributed by atoms with Crippen molar-refractivity contribution in [2.75, 3.05) is 6.79 Å². The molecular formula is C11H15NO3. The van der Waals surface area contributed by atoms with Gasteiger partial charge in [0.05, 0.1) is 12.1 Å². The summed E-state index contributed by atoms with van der Waals surface area (Å²) in [6.45, 7) is 3.87. The topological polar surface area (TPSA) is 64.7 Å². The number of fused-ring (bicyclic) bond motifs is 1. The van der Waals surface area contributed by atoms with Crippen molar-refractivity contribution in [1.29, 1.82) is 0 Å². The summed E-state index contributed by atoms with van der Waals surface area (Å²) in [5.41, 5.74) is 7.79. The minimum absolute atomic E-state index is 0.252. The SMILES string of the molecule is Cc1cc2c(cc1C(N)C(C)O)OCO2. The highest BCUT2D eigenvalue weighted by Gasteiger charge is 2.20. The van der Waals surface area contributed by atoms with Crippen LogP contribution in [0.1, 0.15) is 24.1 Å². The molecule has 0 amide bonds. The summed E-state index contributed by atoms with van der Waals surface area (Å²) >= 11 is 0. The lowest BCUT2D eigenvalue weighted by Gasteiger charge is -2.17. The number of hydrogen-bond donors (Lipinski definition) is 2. The van der Waals surface area contributed by atoms with E-state index in [0.717, 1.165) is 16.9 Å². The third-order valence-corrected chi connectivity index (χ3v) is 2.64. The first kappa shape index (κ1) is 10.3. The number of aliphatic hydroxyl groups is 1. The molecule has 0 radical (unpaired) electrons. The molecule has 4 nitrogen and oxygen atoms in total. The molecule has 1 aliphatic heterocycles. The van der Waals surface area contributed by atoms with Crippen molar-refractivity contribution in [2.24, 2.45) is 5.73 Å². The second-order valence-electron chi connectivity index (χ2n) is 3.83. The van der Waals surface area contributed by atoms with Crippen molar-refractivity contribution < 1.29 is 14.6 Å². The zero-order valence-corrected chi connectivity index (χ0v) is 8.86. The first-order valence-corrected chi connectivity index (χ1v) is 4.93. The van der Waals surface area contributed by atoms with Gasteiger partial charge in [-0.15, -0.1) is 0 Å². The Kier molecular flexibility index (Phi) is 2.54. The van der Waals surface area contributed by atoms with Gasteiger partial charge in [-0.05, 0) is 37.1 Å². The Hall–Kier alpha value is -1.26. The molecule has 0 saturated carbocycles. The third-order valence-electron chi connectivity index (χ3n) is 2.64. The van der Waals surface area contributed by atoms with Crippen LogP contribution in [0.25, 0.3) is 0 Å². The lowest BCUT2D eigenvalue weighted by Crippen LogP contribution is -2.23. The molecule has 0 fully saturated rings. The summed E-state index contributed by atoms with van der Waals surface area (Å²) in [5.74, 6) is 1.45. The highest BCUT2D eigenvalue weighted by molar-refractivity contribution is 5.49. The molecule has 1 aromatic rings. The van der Waals surface area contributed by atoms with Crippen LogP contribution in [0, 0.1) is 6.92 Å². The molecule has 2 unspecified atom stereocenters. The molecule has 0 aromatic heterocycles. The van der Waals surface area contributed by atoms with Crippen molar-refractivity contribution >= 4 is 0 Å². The largest absolute Gasteiger partial charge is 0.454 e. The third kappa shape index (κ3) is 1.78. The molecule has 0 saturated heterocycles. The fourth-order valence-corrected chi connectivity index (χ4v) is 1.68. The normalized spacial score (nSPS) is 17.6. The number of benzene rings is 1. The summed E-state index contributed by atoms with van der Waals surface area (Å²) < 4.78 is 10.5. The van der Waals surface area contributed by atoms with Gasteiger partial charge in [0, 0.05) is 0 Å². The van der Waals surface area contributed by atoms with Crippen LogP contribution in [0.3, 0.4) is 0 Å². The van der Waals surface area contributed by atoms with E-state index in [1.807, 2.05) is 19.1 Å². The molecular weight excluding hydrogens is 194 g/mol. The monoisotopic (exact) mass is 209 g/mol. The average molecular weight is 209 g/mol. The standard InChI is InChI=1S/C11H15NO3/c1-6-3-9-10(15-5-14-9)4-8(6)11(12)7(2)13/h3-4,7,11,13H,5,12H2,1-2H3. The van der Waals surface area contributed by atoms with Gasteiger partial charge in [0.2, 0.25) is 6.79 Å². The second kappa shape index (κ2) is 3.72. The number of ether oxygens (including phenoxy) is 2. The van der Waals surface area contributed by atoms with Gasteiger partial charge in [0.25, 0.3) is 0 Å². The van der Waals surface area contributed by atoms with Gasteiger partial charge in [-0.25, -0.2) is 0 Å². The summed E-state index contributed by atoms with van der Waals surface area (Å²) in [5, 5.41) is 9.45. The molecule has 3 N–H and O–H groups in total. The fourth-order valence-electron chi connectivity index (χ4n) is 1.68. The van der Waals surface area contributed by atoms with Crippen LogP contribution < -0.4 is 15.2 Å². The van der Waals surface area contributed by atoms with Gasteiger partial charge in [0.1, 0.15) is 0 Å². The Labute approximate surface area is 88.6 Å². The molecule has 0 spiro atoms. The van der Waals surface area contributed by atoms with Crippen LogP contribution in [-0.2, 0) is 0 Å². The Morgan fingerprint density at radius 2 is 1.93 bits per heavy atom. The number of nitrogens with two attached hydrogens (primary N) is 1. The molecule has 15 heavy (non-hydrogen) atoms. The van der Waals surface area contributed by atoms with E-state index in [9.17, 15) is 5.11 Å². The minimum Gasteiger partial charge on any atom is -0.454 e. The van der Waals surface area contributed by atoms with Crippen LogP contribution in [0.5, 0.6) is 11.5 Å². The number of aryl methyl sites for hydroxylation is 1. The first-order valence-electron chi connectivity index (χ1n) is 4.93. The first-order chi connectivity index (χ1) is 7.09. The molecule has 2 atom stereocenters. The Morgan fingerprint density at radius 1 is 1.33 bits per heavy atom. The van der Waals surface area contributed by atoms with Crippen LogP contribution in [0.2, 0.25) is 0 Å². The maximum absolute atomic E-state index is 9.45. The maximum Gasteiger partial charge on any atom is 0.231 e. The van der Waals surface area contributed by atoms with Crippen molar-refractivity contribution in [1.82, 2.24) is 0 Å².